The molecule has 0 unspecified atom stereocenters. The summed E-state index contributed by atoms with van der Waals surface area (Å²) in [4.78, 5) is 12.2. The van der Waals surface area contributed by atoms with Crippen LogP contribution in [0, 0.1) is 6.92 Å². The first kappa shape index (κ1) is 17.1. The highest BCUT2D eigenvalue weighted by Gasteiger charge is 2.17. The van der Waals surface area contributed by atoms with Crippen LogP contribution in [0.2, 0.25) is 0 Å². The van der Waals surface area contributed by atoms with Crippen molar-refractivity contribution in [3.63, 3.8) is 0 Å². The third-order valence-electron chi connectivity index (χ3n) is 3.75. The average molecular weight is 311 g/mol. The highest BCUT2D eigenvalue weighted by molar-refractivity contribution is 5.81. The monoisotopic (exact) mass is 311 g/mol. The molecule has 0 saturated heterocycles. The van der Waals surface area contributed by atoms with Gasteiger partial charge in [-0.3, -0.25) is 4.79 Å². The van der Waals surface area contributed by atoms with Gasteiger partial charge in [-0.05, 0) is 43.9 Å². The Morgan fingerprint density at radius 1 is 1.09 bits per heavy atom. The molecule has 0 fully saturated rings. The van der Waals surface area contributed by atoms with Crippen LogP contribution >= 0.6 is 0 Å². The predicted molar refractivity (Wildman–Crippen MR) is 93.7 cm³/mol. The molecule has 122 valence electrons. The summed E-state index contributed by atoms with van der Waals surface area (Å²) in [6.07, 6.45) is 2.11. The number of carbonyl (C=O) groups is 1. The first-order valence-corrected chi connectivity index (χ1v) is 8.24. The van der Waals surface area contributed by atoms with Gasteiger partial charge in [0.05, 0.1) is 0 Å². The van der Waals surface area contributed by atoms with Gasteiger partial charge in [-0.1, -0.05) is 55.0 Å². The first-order valence-electron chi connectivity index (χ1n) is 8.24. The van der Waals surface area contributed by atoms with E-state index < -0.39 is 6.10 Å². The second kappa shape index (κ2) is 8.99. The van der Waals surface area contributed by atoms with Crippen molar-refractivity contribution in [1.29, 1.82) is 0 Å². The second-order valence-electron chi connectivity index (χ2n) is 5.71. The smallest absolute Gasteiger partial charge is 0.261 e. The zero-order valence-electron chi connectivity index (χ0n) is 13.9. The number of hydrogen-bond acceptors (Lipinski definition) is 2. The standard InChI is InChI=1S/C20H25NO2/c1-3-19(23-18-13-11-16(2)12-14-18)20(22)21-15-7-10-17-8-5-4-6-9-17/h4-6,8-9,11-14,19H,3,7,10,15H2,1-2H3,(H,21,22)/t19-/m0/s1. The minimum Gasteiger partial charge on any atom is -0.481 e. The van der Waals surface area contributed by atoms with Gasteiger partial charge in [0.25, 0.3) is 5.91 Å². The molecule has 1 N–H and O–H groups in total. The predicted octanol–water partition coefficient (Wildman–Crippen LogP) is 3.90. The van der Waals surface area contributed by atoms with E-state index in [-0.39, 0.29) is 5.91 Å². The topological polar surface area (TPSA) is 38.3 Å². The second-order valence-corrected chi connectivity index (χ2v) is 5.71. The molecule has 0 aliphatic carbocycles. The number of hydrogen-bond donors (Lipinski definition) is 1. The molecule has 3 heteroatoms. The maximum absolute atomic E-state index is 12.2. The van der Waals surface area contributed by atoms with E-state index in [0.717, 1.165) is 18.6 Å². The van der Waals surface area contributed by atoms with E-state index in [2.05, 4.69) is 17.4 Å². The lowest BCUT2D eigenvalue weighted by molar-refractivity contribution is -0.128. The molecule has 0 heterocycles. The van der Waals surface area contributed by atoms with Gasteiger partial charge in [0, 0.05) is 6.54 Å². The third kappa shape index (κ3) is 5.78. The minimum atomic E-state index is -0.436. The van der Waals surface area contributed by atoms with Crippen LogP contribution in [-0.2, 0) is 11.2 Å². The van der Waals surface area contributed by atoms with E-state index in [1.54, 1.807) is 0 Å². The quantitative estimate of drug-likeness (QED) is 0.751. The van der Waals surface area contributed by atoms with Crippen molar-refractivity contribution in [3.8, 4) is 5.75 Å². The Bertz CT molecular complexity index is 593. The minimum absolute atomic E-state index is 0.0406. The van der Waals surface area contributed by atoms with Crippen molar-refractivity contribution >= 4 is 5.91 Å². The van der Waals surface area contributed by atoms with Crippen LogP contribution in [0.25, 0.3) is 0 Å². The molecule has 0 radical (unpaired) electrons. The Hall–Kier alpha value is -2.29. The van der Waals surface area contributed by atoms with Crippen LogP contribution in [0.15, 0.2) is 54.6 Å². The fourth-order valence-corrected chi connectivity index (χ4v) is 2.37. The van der Waals surface area contributed by atoms with Crippen LogP contribution in [0.1, 0.15) is 30.9 Å². The third-order valence-corrected chi connectivity index (χ3v) is 3.75. The number of rotatable bonds is 8. The molecule has 3 nitrogen and oxygen atoms in total. The number of benzene rings is 2. The lowest BCUT2D eigenvalue weighted by Crippen LogP contribution is -2.38. The average Bonchev–Trinajstić information content (AvgIpc) is 2.59. The van der Waals surface area contributed by atoms with Crippen molar-refractivity contribution in [2.45, 2.75) is 39.2 Å². The maximum Gasteiger partial charge on any atom is 0.261 e. The summed E-state index contributed by atoms with van der Waals surface area (Å²) >= 11 is 0. The molecule has 0 spiro atoms. The number of carbonyl (C=O) groups excluding carboxylic acids is 1. The summed E-state index contributed by atoms with van der Waals surface area (Å²) in [5, 5.41) is 2.97. The number of aryl methyl sites for hydroxylation is 2. The largest absolute Gasteiger partial charge is 0.481 e. The first-order chi connectivity index (χ1) is 11.2. The van der Waals surface area contributed by atoms with Crippen LogP contribution in [0.4, 0.5) is 0 Å². The summed E-state index contributed by atoms with van der Waals surface area (Å²) in [5.41, 5.74) is 2.47. The lowest BCUT2D eigenvalue weighted by atomic mass is 10.1. The summed E-state index contributed by atoms with van der Waals surface area (Å²) in [7, 11) is 0. The van der Waals surface area contributed by atoms with E-state index in [0.29, 0.717) is 13.0 Å². The van der Waals surface area contributed by atoms with Crippen LogP contribution in [-0.4, -0.2) is 18.6 Å². The number of amides is 1. The van der Waals surface area contributed by atoms with Gasteiger partial charge in [-0.25, -0.2) is 0 Å². The van der Waals surface area contributed by atoms with Gasteiger partial charge in [-0.2, -0.15) is 0 Å². The van der Waals surface area contributed by atoms with Crippen molar-refractivity contribution < 1.29 is 9.53 Å². The Labute approximate surface area is 138 Å². The van der Waals surface area contributed by atoms with E-state index in [9.17, 15) is 4.79 Å². The number of nitrogens with one attached hydrogen (secondary N) is 1. The fraction of sp³-hybridized carbons (Fsp3) is 0.350. The Morgan fingerprint density at radius 2 is 1.78 bits per heavy atom. The van der Waals surface area contributed by atoms with E-state index in [4.69, 9.17) is 4.74 Å². The SMILES string of the molecule is CC[C@H](Oc1ccc(C)cc1)C(=O)NCCCc1ccccc1. The fourth-order valence-electron chi connectivity index (χ4n) is 2.37. The molecule has 2 aromatic rings. The van der Waals surface area contributed by atoms with E-state index >= 15 is 0 Å². The molecule has 1 amide bonds. The van der Waals surface area contributed by atoms with Gasteiger partial charge in [-0.15, -0.1) is 0 Å². The zero-order chi connectivity index (χ0) is 16.5. The highest BCUT2D eigenvalue weighted by atomic mass is 16.5. The Balaban J connectivity index is 1.75. The van der Waals surface area contributed by atoms with Crippen LogP contribution in [0.5, 0.6) is 5.75 Å². The summed E-state index contributed by atoms with van der Waals surface area (Å²) < 4.78 is 5.78. The van der Waals surface area contributed by atoms with Gasteiger partial charge in [0.1, 0.15) is 5.75 Å². The van der Waals surface area contributed by atoms with Crippen LogP contribution < -0.4 is 10.1 Å². The molecular formula is C20H25NO2. The lowest BCUT2D eigenvalue weighted by Gasteiger charge is -2.17. The van der Waals surface area contributed by atoms with Gasteiger partial charge >= 0.3 is 0 Å². The maximum atomic E-state index is 12.2. The number of ether oxygens (including phenoxy) is 1. The molecule has 1 atom stereocenters. The molecule has 23 heavy (non-hydrogen) atoms. The Morgan fingerprint density at radius 3 is 2.43 bits per heavy atom. The molecule has 2 aromatic carbocycles. The molecule has 0 saturated carbocycles. The molecule has 0 aromatic heterocycles. The summed E-state index contributed by atoms with van der Waals surface area (Å²) in [6, 6.07) is 18.1. The molecule has 0 aliphatic heterocycles. The van der Waals surface area contributed by atoms with Crippen molar-refractivity contribution in [3.05, 3.63) is 65.7 Å². The normalized spacial score (nSPS) is 11.7. The molecule has 2 rings (SSSR count). The molecule has 0 bridgehead atoms. The summed E-state index contributed by atoms with van der Waals surface area (Å²) in [6.45, 7) is 4.66. The van der Waals surface area contributed by atoms with Gasteiger partial charge in [0.15, 0.2) is 6.10 Å². The molecule has 0 aliphatic rings. The summed E-state index contributed by atoms with van der Waals surface area (Å²) in [5.74, 6) is 0.697. The van der Waals surface area contributed by atoms with Gasteiger partial charge < -0.3 is 10.1 Å². The highest BCUT2D eigenvalue weighted by Crippen LogP contribution is 2.14. The van der Waals surface area contributed by atoms with E-state index in [1.165, 1.54) is 11.1 Å². The Kier molecular flexibility index (Phi) is 6.67. The molecular weight excluding hydrogens is 286 g/mol. The van der Waals surface area contributed by atoms with Crippen LogP contribution in [0.3, 0.4) is 0 Å². The zero-order valence-corrected chi connectivity index (χ0v) is 13.9. The van der Waals surface area contributed by atoms with Crippen molar-refractivity contribution in [2.24, 2.45) is 0 Å². The van der Waals surface area contributed by atoms with Gasteiger partial charge in [0.2, 0.25) is 0 Å². The van der Waals surface area contributed by atoms with Crippen molar-refractivity contribution in [1.82, 2.24) is 5.32 Å². The van der Waals surface area contributed by atoms with E-state index in [1.807, 2.05) is 56.3 Å². The van der Waals surface area contributed by atoms with Crippen molar-refractivity contribution in [2.75, 3.05) is 6.54 Å².